The van der Waals surface area contributed by atoms with Crippen molar-refractivity contribution >= 4 is 12.0 Å². The summed E-state index contributed by atoms with van der Waals surface area (Å²) in [5.41, 5.74) is 7.92. The van der Waals surface area contributed by atoms with E-state index in [9.17, 15) is 18.4 Å². The highest BCUT2D eigenvalue weighted by Gasteiger charge is 2.30. The summed E-state index contributed by atoms with van der Waals surface area (Å²) in [6.07, 6.45) is 0.657. The van der Waals surface area contributed by atoms with Crippen molar-refractivity contribution in [1.82, 2.24) is 9.80 Å². The van der Waals surface area contributed by atoms with E-state index in [-0.39, 0.29) is 37.2 Å². The molecule has 0 aliphatic carbocycles. The van der Waals surface area contributed by atoms with E-state index in [4.69, 9.17) is 15.2 Å². The Morgan fingerprint density at radius 1 is 0.974 bits per heavy atom. The Balaban J connectivity index is 1.29. The van der Waals surface area contributed by atoms with E-state index in [0.29, 0.717) is 43.1 Å². The lowest BCUT2D eigenvalue weighted by Crippen LogP contribution is -2.44. The third-order valence-electron chi connectivity index (χ3n) is 7.56. The Hall–Kier alpha value is -3.20. The van der Waals surface area contributed by atoms with Crippen LogP contribution in [0.2, 0.25) is 0 Å². The van der Waals surface area contributed by atoms with Gasteiger partial charge in [0.05, 0.1) is 24.8 Å². The first kappa shape index (κ1) is 28.8. The number of halogens is 2. The number of rotatable bonds is 8. The van der Waals surface area contributed by atoms with Crippen LogP contribution < -0.4 is 10.5 Å². The molecule has 2 amide bonds. The summed E-state index contributed by atoms with van der Waals surface area (Å²) >= 11 is 0. The first-order chi connectivity index (χ1) is 18.6. The van der Waals surface area contributed by atoms with Gasteiger partial charge in [-0.15, -0.1) is 0 Å². The predicted molar refractivity (Wildman–Crippen MR) is 146 cm³/mol. The minimum atomic E-state index is -1.02. The van der Waals surface area contributed by atoms with Crippen molar-refractivity contribution in [3.8, 4) is 16.9 Å². The fraction of sp³-hybridized carbons (Fsp3) is 0.533. The molecule has 0 spiro atoms. The lowest BCUT2D eigenvalue weighted by atomic mass is 9.92. The SMILES string of the molecule is CC(C)OC(=O)N1CCC([C@@H](C)Oc2ccc(-c3ccc(CC(N)C(=O)N4CCC(F)C4)c(F)c3)cc2)CC1. The van der Waals surface area contributed by atoms with Crippen LogP contribution >= 0.6 is 0 Å². The molecule has 0 aromatic heterocycles. The molecule has 4 rings (SSSR count). The smallest absolute Gasteiger partial charge is 0.410 e. The molecule has 2 aromatic carbocycles. The number of hydrogen-bond acceptors (Lipinski definition) is 5. The zero-order valence-electron chi connectivity index (χ0n) is 22.9. The van der Waals surface area contributed by atoms with Gasteiger partial charge >= 0.3 is 6.09 Å². The fourth-order valence-electron chi connectivity index (χ4n) is 5.23. The summed E-state index contributed by atoms with van der Waals surface area (Å²) in [7, 11) is 0. The third kappa shape index (κ3) is 7.47. The minimum absolute atomic E-state index is 0.0147. The normalized spacial score (nSPS) is 19.7. The Morgan fingerprint density at radius 2 is 1.62 bits per heavy atom. The van der Waals surface area contributed by atoms with Crippen LogP contribution in [0.15, 0.2) is 42.5 Å². The molecule has 2 aliphatic rings. The van der Waals surface area contributed by atoms with Gasteiger partial charge in [-0.2, -0.15) is 0 Å². The number of nitrogens with two attached hydrogens (primary N) is 1. The summed E-state index contributed by atoms with van der Waals surface area (Å²) in [6.45, 7) is 7.45. The molecular formula is C30H39F2N3O4. The van der Waals surface area contributed by atoms with Crippen molar-refractivity contribution in [2.45, 2.75) is 70.9 Å². The van der Waals surface area contributed by atoms with E-state index in [1.54, 1.807) is 17.0 Å². The molecule has 0 radical (unpaired) electrons. The van der Waals surface area contributed by atoms with E-state index >= 15 is 0 Å². The molecule has 2 saturated heterocycles. The fourth-order valence-corrected chi connectivity index (χ4v) is 5.23. The van der Waals surface area contributed by atoms with E-state index in [1.165, 1.54) is 11.0 Å². The lowest BCUT2D eigenvalue weighted by molar-refractivity contribution is -0.131. The van der Waals surface area contributed by atoms with Gasteiger partial charge in [-0.05, 0) is 87.3 Å². The van der Waals surface area contributed by atoms with Gasteiger partial charge in [-0.25, -0.2) is 13.6 Å². The molecule has 39 heavy (non-hydrogen) atoms. The molecule has 2 aliphatic heterocycles. The zero-order chi connectivity index (χ0) is 28.1. The molecular weight excluding hydrogens is 504 g/mol. The Bertz CT molecular complexity index is 1140. The molecule has 9 heteroatoms. The Labute approximate surface area is 229 Å². The second-order valence-electron chi connectivity index (χ2n) is 10.9. The first-order valence-corrected chi connectivity index (χ1v) is 13.8. The van der Waals surface area contributed by atoms with Crippen LogP contribution in [0, 0.1) is 11.7 Å². The van der Waals surface area contributed by atoms with Gasteiger partial charge in [0.1, 0.15) is 17.7 Å². The number of amides is 2. The summed E-state index contributed by atoms with van der Waals surface area (Å²) < 4.78 is 39.8. The molecule has 7 nitrogen and oxygen atoms in total. The molecule has 2 aromatic rings. The van der Waals surface area contributed by atoms with Crippen LogP contribution in [0.1, 0.15) is 45.6 Å². The molecule has 2 unspecified atom stereocenters. The molecule has 0 bridgehead atoms. The second kappa shape index (κ2) is 12.8. The van der Waals surface area contributed by atoms with E-state index < -0.39 is 18.0 Å². The van der Waals surface area contributed by atoms with Gasteiger partial charge < -0.3 is 25.0 Å². The highest BCUT2D eigenvalue weighted by molar-refractivity contribution is 5.82. The van der Waals surface area contributed by atoms with Crippen molar-refractivity contribution in [1.29, 1.82) is 0 Å². The monoisotopic (exact) mass is 543 g/mol. The number of hydrogen-bond donors (Lipinski definition) is 1. The number of piperidine rings is 1. The van der Waals surface area contributed by atoms with Crippen LogP contribution in [0.4, 0.5) is 13.6 Å². The Morgan fingerprint density at radius 3 is 2.21 bits per heavy atom. The van der Waals surface area contributed by atoms with Crippen LogP contribution in [0.25, 0.3) is 11.1 Å². The summed E-state index contributed by atoms with van der Waals surface area (Å²) in [6, 6.07) is 11.5. The zero-order valence-corrected chi connectivity index (χ0v) is 22.9. The van der Waals surface area contributed by atoms with Crippen LogP contribution in [-0.4, -0.2) is 72.4 Å². The molecule has 0 saturated carbocycles. The average Bonchev–Trinajstić information content (AvgIpc) is 3.35. The number of carbonyl (C=O) groups excluding carboxylic acids is 2. The first-order valence-electron chi connectivity index (χ1n) is 13.8. The van der Waals surface area contributed by atoms with E-state index in [1.807, 2.05) is 45.0 Å². The lowest BCUT2D eigenvalue weighted by Gasteiger charge is -2.34. The van der Waals surface area contributed by atoms with Crippen molar-refractivity contribution in [3.63, 3.8) is 0 Å². The highest BCUT2D eigenvalue weighted by atomic mass is 19.1. The molecule has 212 valence electrons. The van der Waals surface area contributed by atoms with Crippen LogP contribution in [0.3, 0.4) is 0 Å². The summed E-state index contributed by atoms with van der Waals surface area (Å²) in [5.74, 6) is 0.282. The molecule has 2 N–H and O–H groups in total. The largest absolute Gasteiger partial charge is 0.490 e. The maximum Gasteiger partial charge on any atom is 0.410 e. The van der Waals surface area contributed by atoms with E-state index in [2.05, 4.69) is 0 Å². The quantitative estimate of drug-likeness (QED) is 0.509. The number of alkyl halides is 1. The number of carbonyl (C=O) groups is 2. The number of nitrogens with zero attached hydrogens (tertiary/aromatic N) is 2. The highest BCUT2D eigenvalue weighted by Crippen LogP contribution is 2.28. The van der Waals surface area contributed by atoms with Crippen LogP contribution in [0.5, 0.6) is 5.75 Å². The van der Waals surface area contributed by atoms with Gasteiger partial charge in [0, 0.05) is 19.6 Å². The predicted octanol–water partition coefficient (Wildman–Crippen LogP) is 4.96. The topological polar surface area (TPSA) is 85.1 Å². The van der Waals surface area contributed by atoms with Gasteiger partial charge in [0.25, 0.3) is 0 Å². The van der Waals surface area contributed by atoms with E-state index in [0.717, 1.165) is 24.2 Å². The second-order valence-corrected chi connectivity index (χ2v) is 10.9. The summed E-state index contributed by atoms with van der Waals surface area (Å²) in [4.78, 5) is 27.7. The minimum Gasteiger partial charge on any atom is -0.490 e. The maximum atomic E-state index is 14.9. The Kier molecular flexibility index (Phi) is 9.43. The van der Waals surface area contributed by atoms with Gasteiger partial charge in [0.15, 0.2) is 0 Å². The molecule has 2 fully saturated rings. The van der Waals surface area contributed by atoms with Crippen molar-refractivity contribution in [2.75, 3.05) is 26.2 Å². The average molecular weight is 544 g/mol. The van der Waals surface area contributed by atoms with Crippen molar-refractivity contribution in [3.05, 3.63) is 53.8 Å². The van der Waals surface area contributed by atoms with Gasteiger partial charge in [0.2, 0.25) is 5.91 Å². The van der Waals surface area contributed by atoms with Gasteiger partial charge in [-0.1, -0.05) is 24.3 Å². The number of ether oxygens (including phenoxy) is 2. The molecule has 3 atom stereocenters. The maximum absolute atomic E-state index is 14.9. The number of likely N-dealkylation sites (tertiary alicyclic amines) is 2. The standard InChI is InChI=1S/C30H39F2N3O4/c1-19(2)38-30(37)34-13-10-21(11-14-34)20(3)39-26-8-6-22(7-9-26)23-4-5-24(27(32)16-23)17-28(33)29(36)35-15-12-25(31)18-35/h4-9,16,19-21,25,28H,10-15,17-18,33H2,1-3H3/t20-,25?,28?/m1/s1. The van der Waals surface area contributed by atoms with Crippen molar-refractivity contribution < 1.29 is 27.8 Å². The molecule has 2 heterocycles. The number of benzene rings is 2. The van der Waals surface area contributed by atoms with Crippen LogP contribution in [-0.2, 0) is 16.0 Å². The van der Waals surface area contributed by atoms with Gasteiger partial charge in [-0.3, -0.25) is 4.79 Å². The third-order valence-corrected chi connectivity index (χ3v) is 7.56. The summed E-state index contributed by atoms with van der Waals surface area (Å²) in [5, 5.41) is 0. The van der Waals surface area contributed by atoms with Crippen molar-refractivity contribution in [2.24, 2.45) is 11.7 Å².